The lowest BCUT2D eigenvalue weighted by molar-refractivity contribution is 0.190. The van der Waals surface area contributed by atoms with Gasteiger partial charge in [0, 0.05) is 4.90 Å². The first-order valence-corrected chi connectivity index (χ1v) is 6.34. The highest BCUT2D eigenvalue weighted by Crippen LogP contribution is 2.35. The molecule has 5 heteroatoms. The van der Waals surface area contributed by atoms with Gasteiger partial charge in [-0.05, 0) is 17.9 Å². The van der Waals surface area contributed by atoms with Crippen molar-refractivity contribution < 1.29 is 5.11 Å². The molecular formula is C9H9Cl3OS. The molecule has 0 aromatic heterocycles. The van der Waals surface area contributed by atoms with Gasteiger partial charge in [0.05, 0.1) is 5.02 Å². The lowest BCUT2D eigenvalue weighted by atomic mass is 10.1. The molecule has 78 valence electrons. The van der Waals surface area contributed by atoms with E-state index in [4.69, 9.17) is 34.8 Å². The fourth-order valence-corrected chi connectivity index (χ4v) is 2.48. The van der Waals surface area contributed by atoms with Crippen LogP contribution in [-0.2, 0) is 0 Å². The van der Waals surface area contributed by atoms with Crippen molar-refractivity contribution in [1.29, 1.82) is 0 Å². The van der Waals surface area contributed by atoms with Crippen LogP contribution < -0.4 is 0 Å². The Labute approximate surface area is 102 Å². The minimum absolute atomic E-state index is 0.600. The molecule has 0 aliphatic rings. The molecule has 1 unspecified atom stereocenters. The molecule has 0 saturated heterocycles. The summed E-state index contributed by atoms with van der Waals surface area (Å²) in [6, 6.07) is 5.29. The molecule has 0 aliphatic heterocycles. The Hall–Kier alpha value is 0.400. The summed E-state index contributed by atoms with van der Waals surface area (Å²) in [6.07, 6.45) is 0.981. The molecular weight excluding hydrogens is 263 g/mol. The molecule has 1 aromatic carbocycles. The van der Waals surface area contributed by atoms with Gasteiger partial charge in [-0.1, -0.05) is 23.7 Å². The maximum absolute atomic E-state index is 9.70. The van der Waals surface area contributed by atoms with Crippen molar-refractivity contribution in [2.45, 2.75) is 15.8 Å². The van der Waals surface area contributed by atoms with Crippen LogP contribution in [0.2, 0.25) is 5.02 Å². The zero-order valence-corrected chi connectivity index (χ0v) is 10.5. The molecule has 1 N–H and O–H groups in total. The van der Waals surface area contributed by atoms with E-state index in [-0.39, 0.29) is 0 Å². The average molecular weight is 272 g/mol. The number of benzene rings is 1. The van der Waals surface area contributed by atoms with Gasteiger partial charge in [0.25, 0.3) is 0 Å². The summed E-state index contributed by atoms with van der Waals surface area (Å²) in [6.45, 7) is 0. The maximum Gasteiger partial charge on any atom is 0.137 e. The van der Waals surface area contributed by atoms with Gasteiger partial charge in [-0.3, -0.25) is 0 Å². The molecule has 14 heavy (non-hydrogen) atoms. The molecule has 0 saturated carbocycles. The van der Waals surface area contributed by atoms with Crippen molar-refractivity contribution in [3.63, 3.8) is 0 Å². The number of aliphatic hydroxyl groups is 1. The van der Waals surface area contributed by atoms with Crippen molar-refractivity contribution in [2.24, 2.45) is 0 Å². The molecule has 0 aliphatic carbocycles. The molecule has 0 bridgehead atoms. The third-order valence-electron chi connectivity index (χ3n) is 1.76. The van der Waals surface area contributed by atoms with Gasteiger partial charge in [-0.15, -0.1) is 35.0 Å². The Morgan fingerprint density at radius 1 is 1.36 bits per heavy atom. The van der Waals surface area contributed by atoms with Gasteiger partial charge in [-0.2, -0.15) is 0 Å². The van der Waals surface area contributed by atoms with Crippen LogP contribution in [0.3, 0.4) is 0 Å². The summed E-state index contributed by atoms with van der Waals surface area (Å²) < 4.78 is 0. The van der Waals surface area contributed by atoms with E-state index in [1.807, 2.05) is 6.26 Å². The molecule has 0 fully saturated rings. The third kappa shape index (κ3) is 2.71. The van der Waals surface area contributed by atoms with Crippen LogP contribution in [0.15, 0.2) is 23.1 Å². The smallest absolute Gasteiger partial charge is 0.137 e. The second-order valence-electron chi connectivity index (χ2n) is 2.64. The lowest BCUT2D eigenvalue weighted by Crippen LogP contribution is -2.07. The van der Waals surface area contributed by atoms with Gasteiger partial charge in [0.2, 0.25) is 0 Å². The van der Waals surface area contributed by atoms with E-state index < -0.39 is 10.9 Å². The summed E-state index contributed by atoms with van der Waals surface area (Å²) in [5, 5.41) is 10.3. The van der Waals surface area contributed by atoms with Gasteiger partial charge in [-0.25, -0.2) is 0 Å². The zero-order chi connectivity index (χ0) is 10.7. The first-order valence-electron chi connectivity index (χ1n) is 3.86. The van der Waals surface area contributed by atoms with Crippen LogP contribution in [0.4, 0.5) is 0 Å². The number of halogens is 3. The van der Waals surface area contributed by atoms with Gasteiger partial charge >= 0.3 is 0 Å². The molecule has 1 aromatic rings. The summed E-state index contributed by atoms with van der Waals surface area (Å²) in [4.78, 5) is -0.0349. The first kappa shape index (κ1) is 12.5. The van der Waals surface area contributed by atoms with E-state index in [2.05, 4.69) is 0 Å². The van der Waals surface area contributed by atoms with E-state index >= 15 is 0 Å². The summed E-state index contributed by atoms with van der Waals surface area (Å²) in [5.74, 6) is 0. The van der Waals surface area contributed by atoms with E-state index in [1.165, 1.54) is 11.8 Å². The fraction of sp³-hybridized carbons (Fsp3) is 0.333. The Kier molecular flexibility index (Phi) is 4.88. The van der Waals surface area contributed by atoms with Gasteiger partial charge in [0.15, 0.2) is 0 Å². The van der Waals surface area contributed by atoms with Crippen molar-refractivity contribution in [2.75, 3.05) is 6.26 Å². The predicted octanol–water partition coefficient (Wildman–Crippen LogP) is 3.90. The van der Waals surface area contributed by atoms with E-state index in [1.54, 1.807) is 18.2 Å². The zero-order valence-electron chi connectivity index (χ0n) is 7.38. The van der Waals surface area contributed by atoms with Gasteiger partial charge < -0.3 is 5.11 Å². The second kappa shape index (κ2) is 5.47. The van der Waals surface area contributed by atoms with Crippen LogP contribution in [0, 0.1) is 0 Å². The highest BCUT2D eigenvalue weighted by atomic mass is 35.5. The van der Waals surface area contributed by atoms with Crippen molar-refractivity contribution in [3.8, 4) is 0 Å². The van der Waals surface area contributed by atoms with Crippen LogP contribution in [0.1, 0.15) is 11.7 Å². The molecule has 1 nitrogen and oxygen atoms in total. The third-order valence-corrected chi connectivity index (χ3v) is 3.53. The average Bonchev–Trinajstić information content (AvgIpc) is 2.16. The highest BCUT2D eigenvalue weighted by molar-refractivity contribution is 7.98. The first-order chi connectivity index (χ1) is 6.57. The highest BCUT2D eigenvalue weighted by Gasteiger charge is 2.19. The predicted molar refractivity (Wildman–Crippen MR) is 63.7 cm³/mol. The fourth-order valence-electron chi connectivity index (χ4n) is 1.11. The van der Waals surface area contributed by atoms with Crippen molar-refractivity contribution in [3.05, 3.63) is 28.8 Å². The lowest BCUT2D eigenvalue weighted by Gasteiger charge is -2.15. The number of rotatable bonds is 3. The Morgan fingerprint density at radius 2 is 2.00 bits per heavy atom. The monoisotopic (exact) mass is 270 g/mol. The largest absolute Gasteiger partial charge is 0.386 e. The number of alkyl halides is 2. The van der Waals surface area contributed by atoms with Crippen LogP contribution >= 0.6 is 46.6 Å². The van der Waals surface area contributed by atoms with Crippen LogP contribution in [-0.4, -0.2) is 16.2 Å². The summed E-state index contributed by atoms with van der Waals surface area (Å²) in [5.41, 5.74) is 0.667. The maximum atomic E-state index is 9.70. The Morgan fingerprint density at radius 3 is 2.50 bits per heavy atom. The molecule has 1 atom stereocenters. The quantitative estimate of drug-likeness (QED) is 0.665. The van der Waals surface area contributed by atoms with E-state index in [9.17, 15) is 5.11 Å². The van der Waals surface area contributed by atoms with Crippen LogP contribution in [0.25, 0.3) is 0 Å². The van der Waals surface area contributed by atoms with Crippen LogP contribution in [0.5, 0.6) is 0 Å². The standard InChI is InChI=1S/C9H9Cl3OS/c1-14-8-5(7(13)9(11)12)3-2-4-6(8)10/h2-4,7,9,13H,1H3. The summed E-state index contributed by atoms with van der Waals surface area (Å²) in [7, 11) is 0. The van der Waals surface area contributed by atoms with Crippen molar-refractivity contribution in [1.82, 2.24) is 0 Å². The number of aliphatic hydroxyl groups excluding tert-OH is 1. The molecule has 1 rings (SSSR count). The SMILES string of the molecule is CSc1c(Cl)cccc1C(O)C(Cl)Cl. The Balaban J connectivity index is 3.13. The number of hydrogen-bond donors (Lipinski definition) is 1. The van der Waals surface area contributed by atoms with E-state index in [0.29, 0.717) is 10.6 Å². The van der Waals surface area contributed by atoms with Gasteiger partial charge in [0.1, 0.15) is 10.9 Å². The van der Waals surface area contributed by atoms with Crippen molar-refractivity contribution >= 4 is 46.6 Å². The molecule has 0 radical (unpaired) electrons. The topological polar surface area (TPSA) is 20.2 Å². The molecule has 0 spiro atoms. The second-order valence-corrected chi connectivity index (χ2v) is 5.03. The minimum Gasteiger partial charge on any atom is -0.386 e. The normalized spacial score (nSPS) is 13.3. The minimum atomic E-state index is -0.903. The van der Waals surface area contributed by atoms with E-state index in [0.717, 1.165) is 4.90 Å². The number of hydrogen-bond acceptors (Lipinski definition) is 2. The summed E-state index contributed by atoms with van der Waals surface area (Å²) >= 11 is 18.6. The number of thioether (sulfide) groups is 1. The molecule has 0 heterocycles. The Bertz CT molecular complexity index is 317. The molecule has 0 amide bonds.